The van der Waals surface area contributed by atoms with E-state index in [2.05, 4.69) is 0 Å². The number of ether oxygens (including phenoxy) is 2. The first-order valence-corrected chi connectivity index (χ1v) is 9.95. The predicted molar refractivity (Wildman–Crippen MR) is 114 cm³/mol. The van der Waals surface area contributed by atoms with Gasteiger partial charge in [0.1, 0.15) is 17.4 Å². The number of carbonyl (C=O) groups is 1. The molecule has 1 aromatic heterocycles. The van der Waals surface area contributed by atoms with Gasteiger partial charge < -0.3 is 14.6 Å². The zero-order chi connectivity index (χ0) is 22.4. The molecule has 0 aliphatic rings. The van der Waals surface area contributed by atoms with E-state index in [1.165, 1.54) is 6.92 Å². The van der Waals surface area contributed by atoms with Crippen LogP contribution in [0.5, 0.6) is 11.6 Å². The van der Waals surface area contributed by atoms with Gasteiger partial charge in [0.25, 0.3) is 5.56 Å². The van der Waals surface area contributed by atoms with Crippen molar-refractivity contribution in [1.82, 2.24) is 4.57 Å². The number of carbonyl (C=O) groups excluding carboxylic acids is 1. The van der Waals surface area contributed by atoms with Crippen LogP contribution in [0.3, 0.4) is 0 Å². The minimum absolute atomic E-state index is 0.0359. The van der Waals surface area contributed by atoms with Crippen LogP contribution in [0, 0.1) is 25.2 Å². The molecule has 160 valence electrons. The van der Waals surface area contributed by atoms with Crippen LogP contribution >= 0.6 is 11.6 Å². The quantitative estimate of drug-likeness (QED) is 0.478. The first-order chi connectivity index (χ1) is 14.2. The molecule has 30 heavy (non-hydrogen) atoms. The summed E-state index contributed by atoms with van der Waals surface area (Å²) in [4.78, 5) is 25.4. The molecule has 1 heterocycles. The number of ketones is 1. The van der Waals surface area contributed by atoms with E-state index in [0.29, 0.717) is 23.8 Å². The van der Waals surface area contributed by atoms with Crippen LogP contribution < -0.4 is 10.3 Å². The maximum atomic E-state index is 12.8. The molecule has 2 rings (SSSR count). The number of aryl methyl sites for hydroxylation is 1. The van der Waals surface area contributed by atoms with Gasteiger partial charge >= 0.3 is 0 Å². The Labute approximate surface area is 180 Å². The first kappa shape index (κ1) is 23.5. The fourth-order valence-electron chi connectivity index (χ4n) is 2.96. The third kappa shape index (κ3) is 5.41. The Morgan fingerprint density at radius 3 is 2.63 bits per heavy atom. The Kier molecular flexibility index (Phi) is 8.04. The number of hydrogen-bond acceptors (Lipinski definition) is 6. The van der Waals surface area contributed by atoms with Gasteiger partial charge in [-0.2, -0.15) is 5.26 Å². The molecule has 1 N–H and O–H groups in total. The zero-order valence-electron chi connectivity index (χ0n) is 17.5. The van der Waals surface area contributed by atoms with E-state index in [1.807, 2.05) is 26.8 Å². The van der Waals surface area contributed by atoms with E-state index in [4.69, 9.17) is 21.1 Å². The highest BCUT2D eigenvalue weighted by atomic mass is 35.5. The molecule has 0 fully saturated rings. The third-order valence-electron chi connectivity index (χ3n) is 4.56. The van der Waals surface area contributed by atoms with Gasteiger partial charge in [-0.05, 0) is 63.4 Å². The number of Topliss-reactive ketones (excluding diaryl/α,β-unsaturated/α-hetero) is 1. The Hall–Kier alpha value is -2.82. The largest absolute Gasteiger partial charge is 0.494 e. The Morgan fingerprint density at radius 1 is 1.33 bits per heavy atom. The van der Waals surface area contributed by atoms with Crippen molar-refractivity contribution in [3.8, 4) is 17.7 Å². The van der Waals surface area contributed by atoms with Gasteiger partial charge in [0, 0.05) is 18.2 Å². The maximum absolute atomic E-state index is 12.8. The van der Waals surface area contributed by atoms with Gasteiger partial charge in [0.15, 0.2) is 6.61 Å². The summed E-state index contributed by atoms with van der Waals surface area (Å²) in [7, 11) is 0. The molecule has 0 spiro atoms. The predicted octanol–water partition coefficient (Wildman–Crippen LogP) is 3.77. The number of pyridine rings is 1. The summed E-state index contributed by atoms with van der Waals surface area (Å²) in [6.07, 6.45) is 0.474. The highest BCUT2D eigenvalue weighted by Gasteiger charge is 2.24. The second-order valence-electron chi connectivity index (χ2n) is 7.16. The molecule has 0 aliphatic carbocycles. The van der Waals surface area contributed by atoms with Crippen molar-refractivity contribution >= 4 is 17.4 Å². The molecule has 0 bridgehead atoms. The summed E-state index contributed by atoms with van der Waals surface area (Å²) in [5.74, 6) is -0.565. The van der Waals surface area contributed by atoms with Crippen LogP contribution in [0.1, 0.15) is 47.3 Å². The van der Waals surface area contributed by atoms with Crippen LogP contribution in [-0.2, 0) is 11.3 Å². The summed E-state index contributed by atoms with van der Waals surface area (Å²) >= 11 is 5.99. The van der Waals surface area contributed by atoms with Gasteiger partial charge in [-0.1, -0.05) is 11.6 Å². The third-order valence-corrected chi connectivity index (χ3v) is 4.98. The molecule has 8 heteroatoms. The molecule has 0 unspecified atom stereocenters. The first-order valence-electron chi connectivity index (χ1n) is 9.57. The second kappa shape index (κ2) is 10.3. The van der Waals surface area contributed by atoms with Crippen molar-refractivity contribution in [2.24, 2.45) is 0 Å². The number of aromatic nitrogens is 1. The van der Waals surface area contributed by atoms with E-state index in [-0.39, 0.29) is 35.9 Å². The molecule has 0 atom stereocenters. The highest BCUT2D eigenvalue weighted by molar-refractivity contribution is 6.31. The van der Waals surface area contributed by atoms with Crippen LogP contribution in [0.25, 0.3) is 0 Å². The zero-order valence-corrected chi connectivity index (χ0v) is 18.2. The monoisotopic (exact) mass is 432 g/mol. The molecule has 7 nitrogen and oxygen atoms in total. The number of nitrogens with zero attached hydrogens (tertiary/aromatic N) is 2. The molecule has 1 aromatic carbocycles. The highest BCUT2D eigenvalue weighted by Crippen LogP contribution is 2.24. The minimum atomic E-state index is -0.636. The number of hydrogen-bond donors (Lipinski definition) is 1. The van der Waals surface area contributed by atoms with Gasteiger partial charge in [-0.25, -0.2) is 0 Å². The Balaban J connectivity index is 2.29. The average molecular weight is 433 g/mol. The van der Waals surface area contributed by atoms with E-state index in [1.54, 1.807) is 18.2 Å². The van der Waals surface area contributed by atoms with Crippen LogP contribution in [0.2, 0.25) is 5.02 Å². The summed E-state index contributed by atoms with van der Waals surface area (Å²) < 4.78 is 12.0. The van der Waals surface area contributed by atoms with E-state index in [0.717, 1.165) is 10.1 Å². The van der Waals surface area contributed by atoms with Gasteiger partial charge in [-0.15, -0.1) is 0 Å². The lowest BCUT2D eigenvalue weighted by molar-refractivity contribution is 0.0743. The molecule has 0 radical (unpaired) electrons. The molecule has 0 amide bonds. The van der Waals surface area contributed by atoms with Gasteiger partial charge in [-0.3, -0.25) is 14.2 Å². The average Bonchev–Trinajstić information content (AvgIpc) is 2.68. The van der Waals surface area contributed by atoms with E-state index in [9.17, 15) is 20.0 Å². The number of halogens is 1. The topological polar surface area (TPSA) is 102 Å². The molecule has 0 saturated heterocycles. The minimum Gasteiger partial charge on any atom is -0.494 e. The van der Waals surface area contributed by atoms with Crippen molar-refractivity contribution in [3.05, 3.63) is 55.8 Å². The van der Waals surface area contributed by atoms with Crippen LogP contribution in [-0.4, -0.2) is 34.8 Å². The Morgan fingerprint density at radius 2 is 2.03 bits per heavy atom. The maximum Gasteiger partial charge on any atom is 0.271 e. The van der Waals surface area contributed by atoms with Gasteiger partial charge in [0.05, 0.1) is 11.7 Å². The lowest BCUT2D eigenvalue weighted by Crippen LogP contribution is -2.28. The number of nitriles is 1. The van der Waals surface area contributed by atoms with Crippen molar-refractivity contribution < 1.29 is 19.4 Å². The fourth-order valence-corrected chi connectivity index (χ4v) is 3.08. The normalized spacial score (nSPS) is 10.8. The van der Waals surface area contributed by atoms with E-state index >= 15 is 0 Å². The molecule has 2 aromatic rings. The lowest BCUT2D eigenvalue weighted by atomic mass is 10.0. The van der Waals surface area contributed by atoms with Crippen molar-refractivity contribution in [3.63, 3.8) is 0 Å². The molecular formula is C22H25ClN2O5. The van der Waals surface area contributed by atoms with Crippen molar-refractivity contribution in [2.75, 3.05) is 13.2 Å². The van der Waals surface area contributed by atoms with E-state index < -0.39 is 17.2 Å². The standard InChI is InChI=1S/C22H25ClN2O5/c1-13(2)29-9-5-8-25-21(27)17(11-24)15(4)20(22(25)28)19(26)12-30-16-6-7-18(23)14(3)10-16/h6-7,10,13,28H,5,8-9,12H2,1-4H3. The summed E-state index contributed by atoms with van der Waals surface area (Å²) in [6, 6.07) is 6.82. The molecular weight excluding hydrogens is 408 g/mol. The summed E-state index contributed by atoms with van der Waals surface area (Å²) in [5.41, 5.74) is 0.0212. The number of rotatable bonds is 9. The summed E-state index contributed by atoms with van der Waals surface area (Å²) in [5, 5.41) is 20.6. The van der Waals surface area contributed by atoms with Gasteiger partial charge in [0.2, 0.25) is 11.7 Å². The number of aromatic hydroxyl groups is 1. The lowest BCUT2D eigenvalue weighted by Gasteiger charge is -2.16. The smallest absolute Gasteiger partial charge is 0.271 e. The SMILES string of the molecule is Cc1cc(OCC(=O)c2c(C)c(C#N)c(=O)n(CCCOC(C)C)c2O)ccc1Cl. The number of benzene rings is 1. The Bertz CT molecular complexity index is 1040. The fraction of sp³-hybridized carbons (Fsp3) is 0.409. The van der Waals surface area contributed by atoms with Crippen molar-refractivity contribution in [1.29, 1.82) is 5.26 Å². The second-order valence-corrected chi connectivity index (χ2v) is 7.57. The van der Waals surface area contributed by atoms with Crippen LogP contribution in [0.15, 0.2) is 23.0 Å². The molecule has 0 aliphatic heterocycles. The van der Waals surface area contributed by atoms with Crippen molar-refractivity contribution in [2.45, 2.75) is 46.8 Å². The molecule has 0 saturated carbocycles. The summed E-state index contributed by atoms with van der Waals surface area (Å²) in [6.45, 7) is 7.18. The van der Waals surface area contributed by atoms with Crippen LogP contribution in [0.4, 0.5) is 0 Å².